The van der Waals surface area contributed by atoms with Crippen molar-refractivity contribution in [2.45, 2.75) is 13.5 Å². The van der Waals surface area contributed by atoms with E-state index in [2.05, 4.69) is 25.9 Å². The Morgan fingerprint density at radius 3 is 2.52 bits per heavy atom. The van der Waals surface area contributed by atoms with Gasteiger partial charge in [0, 0.05) is 11.6 Å². The van der Waals surface area contributed by atoms with Crippen LogP contribution in [0.4, 0.5) is 5.95 Å². The van der Waals surface area contributed by atoms with Gasteiger partial charge in [-0.1, -0.05) is 41.4 Å². The molecule has 0 fully saturated rings. The summed E-state index contributed by atoms with van der Waals surface area (Å²) in [7, 11) is 0. The summed E-state index contributed by atoms with van der Waals surface area (Å²) in [4.78, 5) is 8.54. The van der Waals surface area contributed by atoms with Crippen molar-refractivity contribution in [2.75, 3.05) is 5.73 Å². The van der Waals surface area contributed by atoms with Gasteiger partial charge in [0.2, 0.25) is 5.95 Å². The summed E-state index contributed by atoms with van der Waals surface area (Å²) in [6.07, 6.45) is 0. The van der Waals surface area contributed by atoms with Crippen molar-refractivity contribution in [3.05, 3.63) is 86.4 Å². The molecule has 0 amide bonds. The highest BCUT2D eigenvalue weighted by Crippen LogP contribution is 2.41. The largest absolute Gasteiger partial charge is 0.507 e. The summed E-state index contributed by atoms with van der Waals surface area (Å²) in [6, 6.07) is 17.6. The highest BCUT2D eigenvalue weighted by Gasteiger charge is 2.19. The maximum absolute atomic E-state index is 10.8. The number of benzene rings is 3. The van der Waals surface area contributed by atoms with Crippen molar-refractivity contribution in [2.24, 2.45) is 0 Å². The molecule has 0 spiro atoms. The van der Waals surface area contributed by atoms with Crippen LogP contribution in [0.5, 0.6) is 23.0 Å². The lowest BCUT2D eigenvalue weighted by molar-refractivity contribution is 0.304. The Morgan fingerprint density at radius 2 is 1.79 bits per heavy atom. The zero-order chi connectivity index (χ0) is 23.5. The monoisotopic (exact) mass is 545 g/mol. The summed E-state index contributed by atoms with van der Waals surface area (Å²) in [6.45, 7) is 2.02. The number of nitrogen functional groups attached to an aromatic ring is 1. The lowest BCUT2D eigenvalue weighted by atomic mass is 10.1. The van der Waals surface area contributed by atoms with Gasteiger partial charge in [-0.2, -0.15) is 0 Å². The number of phenols is 1. The van der Waals surface area contributed by atoms with E-state index in [1.807, 2.05) is 30.3 Å². The van der Waals surface area contributed by atoms with E-state index in [0.29, 0.717) is 44.2 Å². The maximum atomic E-state index is 10.8. The molecule has 0 aliphatic heterocycles. The van der Waals surface area contributed by atoms with Crippen LogP contribution in [0, 0.1) is 6.92 Å². The minimum atomic E-state index is -0.0453. The van der Waals surface area contributed by atoms with Crippen molar-refractivity contribution in [3.63, 3.8) is 0 Å². The van der Waals surface area contributed by atoms with Gasteiger partial charge in [-0.05, 0) is 64.8 Å². The fourth-order valence-corrected chi connectivity index (χ4v) is 3.81. The van der Waals surface area contributed by atoms with Gasteiger partial charge in [-0.3, -0.25) is 0 Å². The zero-order valence-corrected chi connectivity index (χ0v) is 20.4. The molecule has 1 heterocycles. The number of aromatic nitrogens is 2. The van der Waals surface area contributed by atoms with Crippen molar-refractivity contribution < 1.29 is 14.6 Å². The Morgan fingerprint density at radius 1 is 1.00 bits per heavy atom. The molecule has 4 aromatic rings. The van der Waals surface area contributed by atoms with Gasteiger partial charge in [0.15, 0.2) is 5.75 Å². The van der Waals surface area contributed by atoms with E-state index in [1.165, 1.54) is 6.07 Å². The first-order valence-corrected chi connectivity index (χ1v) is 11.3. The van der Waals surface area contributed by atoms with Gasteiger partial charge < -0.3 is 20.3 Å². The Hall–Kier alpha value is -3.00. The van der Waals surface area contributed by atoms with E-state index < -0.39 is 0 Å². The van der Waals surface area contributed by atoms with Crippen LogP contribution < -0.4 is 15.2 Å². The molecule has 0 bridgehead atoms. The lowest BCUT2D eigenvalue weighted by Gasteiger charge is -2.15. The van der Waals surface area contributed by atoms with E-state index in [1.54, 1.807) is 31.2 Å². The number of hydrogen-bond acceptors (Lipinski definition) is 6. The van der Waals surface area contributed by atoms with E-state index in [4.69, 9.17) is 38.4 Å². The first-order chi connectivity index (χ1) is 15.8. The number of halogens is 3. The molecular formula is C24H18BrCl2N3O3. The maximum Gasteiger partial charge on any atom is 0.221 e. The van der Waals surface area contributed by atoms with Crippen LogP contribution in [0.1, 0.15) is 11.3 Å². The van der Waals surface area contributed by atoms with E-state index in [-0.39, 0.29) is 18.3 Å². The van der Waals surface area contributed by atoms with Crippen LogP contribution in [-0.4, -0.2) is 15.1 Å². The molecule has 0 atom stereocenters. The highest BCUT2D eigenvalue weighted by molar-refractivity contribution is 9.10. The molecule has 9 heteroatoms. The third kappa shape index (κ3) is 5.33. The molecule has 0 unspecified atom stereocenters. The van der Waals surface area contributed by atoms with Crippen LogP contribution in [0.25, 0.3) is 11.3 Å². The molecule has 0 saturated carbocycles. The summed E-state index contributed by atoms with van der Waals surface area (Å²) < 4.78 is 12.7. The number of rotatable bonds is 6. The predicted octanol–water partition coefficient (Wildman–Crippen LogP) is 7.18. The van der Waals surface area contributed by atoms with E-state index in [9.17, 15) is 5.11 Å². The number of hydrogen-bond donors (Lipinski definition) is 2. The van der Waals surface area contributed by atoms with Crippen LogP contribution >= 0.6 is 39.1 Å². The Bertz CT molecular complexity index is 1330. The van der Waals surface area contributed by atoms with Crippen molar-refractivity contribution in [3.8, 4) is 34.3 Å². The van der Waals surface area contributed by atoms with E-state index >= 15 is 0 Å². The number of para-hydroxylation sites is 1. The predicted molar refractivity (Wildman–Crippen MR) is 133 cm³/mol. The second-order valence-electron chi connectivity index (χ2n) is 7.09. The normalized spacial score (nSPS) is 10.8. The van der Waals surface area contributed by atoms with Crippen molar-refractivity contribution >= 4 is 45.1 Å². The number of nitrogens with two attached hydrogens (primary N) is 1. The first-order valence-electron chi connectivity index (χ1n) is 9.78. The molecule has 1 aromatic heterocycles. The number of ether oxygens (including phenoxy) is 2. The molecule has 3 aromatic carbocycles. The molecule has 3 N–H and O–H groups in total. The molecule has 0 aliphatic rings. The lowest BCUT2D eigenvalue weighted by Crippen LogP contribution is -2.03. The molecule has 0 aliphatic carbocycles. The van der Waals surface area contributed by atoms with E-state index in [0.717, 1.165) is 10.0 Å². The molecule has 0 radical (unpaired) electrons. The Labute approximate surface area is 209 Å². The smallest absolute Gasteiger partial charge is 0.221 e. The summed E-state index contributed by atoms with van der Waals surface area (Å²) in [5, 5.41) is 11.7. The number of aromatic hydroxyl groups is 1. The van der Waals surface area contributed by atoms with Crippen LogP contribution in [0.2, 0.25) is 10.0 Å². The number of phenolic OH excluding ortho intramolecular Hbond substituents is 1. The minimum absolute atomic E-state index is 0.0453. The number of anilines is 1. The molecule has 6 nitrogen and oxygen atoms in total. The Kier molecular flexibility index (Phi) is 6.93. The van der Waals surface area contributed by atoms with Gasteiger partial charge >= 0.3 is 0 Å². The number of nitrogens with zero attached hydrogens (tertiary/aromatic N) is 2. The fourth-order valence-electron chi connectivity index (χ4n) is 3.12. The summed E-state index contributed by atoms with van der Waals surface area (Å²) in [5.41, 5.74) is 8.06. The quantitative estimate of drug-likeness (QED) is 0.266. The van der Waals surface area contributed by atoms with Crippen LogP contribution in [-0.2, 0) is 6.61 Å². The van der Waals surface area contributed by atoms with Gasteiger partial charge in [-0.15, -0.1) is 0 Å². The van der Waals surface area contributed by atoms with Gasteiger partial charge in [0.1, 0.15) is 29.5 Å². The second-order valence-corrected chi connectivity index (χ2v) is 8.76. The van der Waals surface area contributed by atoms with Gasteiger partial charge in [0.05, 0.1) is 20.2 Å². The molecule has 33 heavy (non-hydrogen) atoms. The third-order valence-electron chi connectivity index (χ3n) is 4.71. The van der Waals surface area contributed by atoms with Crippen LogP contribution in [0.3, 0.4) is 0 Å². The highest BCUT2D eigenvalue weighted by atomic mass is 79.9. The molecule has 168 valence electrons. The first kappa shape index (κ1) is 23.2. The third-order valence-corrected chi connectivity index (χ3v) is 6.11. The summed E-state index contributed by atoms with van der Waals surface area (Å²) >= 11 is 15.5. The Balaban J connectivity index is 1.63. The van der Waals surface area contributed by atoms with Gasteiger partial charge in [-0.25, -0.2) is 9.97 Å². The average Bonchev–Trinajstić information content (AvgIpc) is 2.78. The molecular weight excluding hydrogens is 529 g/mol. The van der Waals surface area contributed by atoms with Crippen molar-refractivity contribution in [1.82, 2.24) is 9.97 Å². The average molecular weight is 547 g/mol. The topological polar surface area (TPSA) is 90.5 Å². The number of aryl methyl sites for hydroxylation is 1. The second kappa shape index (κ2) is 9.87. The SMILES string of the molecule is Cc1nc(N)nc(-c2ccc(OCc3ccc(Cl)c(Cl)c3)cc2O)c1Oc1ccccc1Br. The minimum Gasteiger partial charge on any atom is -0.507 e. The molecule has 0 saturated heterocycles. The zero-order valence-electron chi connectivity index (χ0n) is 17.3. The molecule has 4 rings (SSSR count). The standard InChI is InChI=1S/C24H18BrCl2N3O3/c1-13-23(33-21-5-3-2-4-17(21)25)22(30-24(28)29-13)16-8-7-15(11-20(16)31)32-12-14-6-9-18(26)19(27)10-14/h2-11,31H,12H2,1H3,(H2,28,29,30). The fraction of sp³-hybridized carbons (Fsp3) is 0.0833. The van der Waals surface area contributed by atoms with Crippen LogP contribution in [0.15, 0.2) is 65.1 Å². The van der Waals surface area contributed by atoms with Crippen molar-refractivity contribution in [1.29, 1.82) is 0 Å². The summed E-state index contributed by atoms with van der Waals surface area (Å²) in [5.74, 6) is 1.46. The van der Waals surface area contributed by atoms with Gasteiger partial charge in [0.25, 0.3) is 0 Å².